The molecule has 108 valence electrons. The van der Waals surface area contributed by atoms with Crippen LogP contribution in [0.1, 0.15) is 13.3 Å². The SMILES string of the molecule is COc1cc(F)ccc1N1CC(CSC(C)=O)CC1=O. The Balaban J connectivity index is 2.13. The lowest BCUT2D eigenvalue weighted by Gasteiger charge is -2.19. The van der Waals surface area contributed by atoms with Crippen LogP contribution in [-0.4, -0.2) is 30.4 Å². The Morgan fingerprint density at radius 1 is 1.55 bits per heavy atom. The molecule has 1 saturated heterocycles. The fourth-order valence-electron chi connectivity index (χ4n) is 2.24. The second kappa shape index (κ2) is 6.26. The number of carbonyl (C=O) groups is 2. The Hall–Kier alpha value is -1.56. The van der Waals surface area contributed by atoms with Gasteiger partial charge in [-0.05, 0) is 18.1 Å². The molecule has 2 rings (SSSR count). The zero-order chi connectivity index (χ0) is 14.7. The van der Waals surface area contributed by atoms with Crippen LogP contribution in [0, 0.1) is 11.7 Å². The van der Waals surface area contributed by atoms with Crippen LogP contribution in [-0.2, 0) is 9.59 Å². The van der Waals surface area contributed by atoms with Crippen molar-refractivity contribution in [1.82, 2.24) is 0 Å². The Kier molecular flexibility index (Phi) is 4.65. The second-order valence-corrected chi connectivity index (χ2v) is 5.89. The van der Waals surface area contributed by atoms with Crippen LogP contribution in [0.4, 0.5) is 10.1 Å². The smallest absolute Gasteiger partial charge is 0.227 e. The van der Waals surface area contributed by atoms with Crippen LogP contribution in [0.5, 0.6) is 5.75 Å². The molecule has 0 saturated carbocycles. The lowest BCUT2D eigenvalue weighted by Crippen LogP contribution is -2.25. The van der Waals surface area contributed by atoms with Crippen molar-refractivity contribution in [2.45, 2.75) is 13.3 Å². The largest absolute Gasteiger partial charge is 0.494 e. The van der Waals surface area contributed by atoms with Gasteiger partial charge >= 0.3 is 0 Å². The molecule has 1 atom stereocenters. The molecule has 1 heterocycles. The molecule has 0 spiro atoms. The molecule has 1 amide bonds. The summed E-state index contributed by atoms with van der Waals surface area (Å²) in [4.78, 5) is 24.6. The molecule has 4 nitrogen and oxygen atoms in total. The van der Waals surface area contributed by atoms with Gasteiger partial charge in [0.15, 0.2) is 5.12 Å². The van der Waals surface area contributed by atoms with Crippen molar-refractivity contribution in [2.24, 2.45) is 5.92 Å². The zero-order valence-electron chi connectivity index (χ0n) is 11.4. The standard InChI is InChI=1S/C14H16FNO3S/c1-9(17)20-8-10-5-14(18)16(7-10)12-4-3-11(15)6-13(12)19-2/h3-4,6,10H,5,7-8H2,1-2H3. The molecule has 0 aromatic heterocycles. The number of hydrogen-bond acceptors (Lipinski definition) is 4. The number of ether oxygens (including phenoxy) is 1. The summed E-state index contributed by atoms with van der Waals surface area (Å²) in [6.45, 7) is 2.04. The first kappa shape index (κ1) is 14.8. The molecule has 0 N–H and O–H groups in total. The van der Waals surface area contributed by atoms with Crippen molar-refractivity contribution in [2.75, 3.05) is 24.3 Å². The van der Waals surface area contributed by atoms with E-state index >= 15 is 0 Å². The first-order valence-electron chi connectivity index (χ1n) is 6.28. The van der Waals surface area contributed by atoms with E-state index in [1.165, 1.54) is 37.9 Å². The van der Waals surface area contributed by atoms with Gasteiger partial charge in [-0.15, -0.1) is 0 Å². The summed E-state index contributed by atoms with van der Waals surface area (Å²) in [5, 5.41) is 0.0512. The van der Waals surface area contributed by atoms with E-state index in [-0.39, 0.29) is 16.9 Å². The number of amides is 1. The Bertz CT molecular complexity index is 535. The van der Waals surface area contributed by atoms with E-state index in [1.54, 1.807) is 11.0 Å². The second-order valence-electron chi connectivity index (χ2n) is 4.69. The topological polar surface area (TPSA) is 46.6 Å². The number of thioether (sulfide) groups is 1. The molecule has 0 bridgehead atoms. The average Bonchev–Trinajstić information content (AvgIpc) is 2.77. The molecule has 0 aliphatic carbocycles. The number of halogens is 1. The minimum atomic E-state index is -0.402. The van der Waals surface area contributed by atoms with Crippen molar-refractivity contribution >= 4 is 28.5 Å². The van der Waals surface area contributed by atoms with Crippen LogP contribution in [0.25, 0.3) is 0 Å². The highest BCUT2D eigenvalue weighted by molar-refractivity contribution is 8.13. The predicted octanol–water partition coefficient (Wildman–Crippen LogP) is 2.47. The first-order valence-corrected chi connectivity index (χ1v) is 7.27. The summed E-state index contributed by atoms with van der Waals surface area (Å²) >= 11 is 1.23. The maximum atomic E-state index is 13.2. The van der Waals surface area contributed by atoms with Gasteiger partial charge in [-0.2, -0.15) is 0 Å². The van der Waals surface area contributed by atoms with Gasteiger partial charge < -0.3 is 9.64 Å². The van der Waals surface area contributed by atoms with Crippen LogP contribution >= 0.6 is 11.8 Å². The number of nitrogens with zero attached hydrogens (tertiary/aromatic N) is 1. The fraction of sp³-hybridized carbons (Fsp3) is 0.429. The monoisotopic (exact) mass is 297 g/mol. The Morgan fingerprint density at radius 2 is 2.30 bits per heavy atom. The summed E-state index contributed by atoms with van der Waals surface area (Å²) in [5.74, 6) is 0.676. The molecule has 20 heavy (non-hydrogen) atoms. The van der Waals surface area contributed by atoms with Crippen molar-refractivity contribution < 1.29 is 18.7 Å². The highest BCUT2D eigenvalue weighted by Crippen LogP contribution is 2.34. The van der Waals surface area contributed by atoms with Gasteiger partial charge in [0.2, 0.25) is 5.91 Å². The quantitative estimate of drug-likeness (QED) is 0.856. The molecular weight excluding hydrogens is 281 g/mol. The number of rotatable bonds is 4. The highest BCUT2D eigenvalue weighted by atomic mass is 32.2. The zero-order valence-corrected chi connectivity index (χ0v) is 12.2. The Labute approximate surface area is 121 Å². The third-order valence-corrected chi connectivity index (χ3v) is 4.20. The summed E-state index contributed by atoms with van der Waals surface area (Å²) in [6, 6.07) is 4.12. The maximum absolute atomic E-state index is 13.2. The highest BCUT2D eigenvalue weighted by Gasteiger charge is 2.32. The van der Waals surface area contributed by atoms with E-state index in [9.17, 15) is 14.0 Å². The average molecular weight is 297 g/mol. The molecule has 0 radical (unpaired) electrons. The molecule has 1 aromatic rings. The van der Waals surface area contributed by atoms with E-state index in [0.717, 1.165) is 0 Å². The van der Waals surface area contributed by atoms with E-state index in [4.69, 9.17) is 4.74 Å². The maximum Gasteiger partial charge on any atom is 0.227 e. The first-order chi connectivity index (χ1) is 9.51. The molecule has 1 fully saturated rings. The minimum Gasteiger partial charge on any atom is -0.494 e. The van der Waals surface area contributed by atoms with Crippen LogP contribution in [0.3, 0.4) is 0 Å². The van der Waals surface area contributed by atoms with Crippen LogP contribution < -0.4 is 9.64 Å². The molecule has 6 heteroatoms. The van der Waals surface area contributed by atoms with Crippen molar-refractivity contribution in [3.8, 4) is 5.75 Å². The summed E-state index contributed by atoms with van der Waals surface area (Å²) in [7, 11) is 1.45. The number of carbonyl (C=O) groups excluding carboxylic acids is 2. The van der Waals surface area contributed by atoms with Crippen molar-refractivity contribution in [3.05, 3.63) is 24.0 Å². The lowest BCUT2D eigenvalue weighted by atomic mass is 10.1. The molecule has 1 unspecified atom stereocenters. The van der Waals surface area contributed by atoms with Crippen molar-refractivity contribution in [3.63, 3.8) is 0 Å². The minimum absolute atomic E-state index is 0.0240. The number of methoxy groups -OCH3 is 1. The third-order valence-electron chi connectivity index (χ3n) is 3.16. The van der Waals surface area contributed by atoms with Gasteiger partial charge in [0.25, 0.3) is 0 Å². The van der Waals surface area contributed by atoms with Gasteiger partial charge in [0.05, 0.1) is 12.8 Å². The van der Waals surface area contributed by atoms with E-state index in [1.807, 2.05) is 0 Å². The molecular formula is C14H16FNO3S. The van der Waals surface area contributed by atoms with E-state index < -0.39 is 5.82 Å². The molecule has 1 aliphatic rings. The molecule has 1 aromatic carbocycles. The predicted molar refractivity (Wildman–Crippen MR) is 76.6 cm³/mol. The third kappa shape index (κ3) is 3.30. The summed E-state index contributed by atoms with van der Waals surface area (Å²) in [6.07, 6.45) is 0.404. The Morgan fingerprint density at radius 3 is 2.95 bits per heavy atom. The number of benzene rings is 1. The van der Waals surface area contributed by atoms with Gasteiger partial charge in [-0.3, -0.25) is 9.59 Å². The number of anilines is 1. The number of hydrogen-bond donors (Lipinski definition) is 0. The van der Waals surface area contributed by atoms with E-state index in [0.29, 0.717) is 30.2 Å². The van der Waals surface area contributed by atoms with Crippen LogP contribution in [0.15, 0.2) is 18.2 Å². The fourth-order valence-corrected chi connectivity index (χ4v) is 2.93. The summed E-state index contributed by atoms with van der Waals surface area (Å²) < 4.78 is 18.3. The van der Waals surface area contributed by atoms with Gasteiger partial charge in [-0.25, -0.2) is 4.39 Å². The normalized spacial score (nSPS) is 18.4. The van der Waals surface area contributed by atoms with Gasteiger partial charge in [-0.1, -0.05) is 11.8 Å². The van der Waals surface area contributed by atoms with Crippen LogP contribution in [0.2, 0.25) is 0 Å². The van der Waals surface area contributed by atoms with Gasteiger partial charge in [0.1, 0.15) is 11.6 Å². The van der Waals surface area contributed by atoms with Crippen molar-refractivity contribution in [1.29, 1.82) is 0 Å². The molecule has 1 aliphatic heterocycles. The summed E-state index contributed by atoms with van der Waals surface area (Å²) in [5.41, 5.74) is 0.578. The van der Waals surface area contributed by atoms with E-state index in [2.05, 4.69) is 0 Å². The lowest BCUT2D eigenvalue weighted by molar-refractivity contribution is -0.117. The van der Waals surface area contributed by atoms with Gasteiger partial charge in [0, 0.05) is 31.7 Å².